The van der Waals surface area contributed by atoms with Gasteiger partial charge in [-0.1, -0.05) is 127 Å². The van der Waals surface area contributed by atoms with Crippen LogP contribution in [0.1, 0.15) is 53.3 Å². The molecule has 8 rings (SSSR count). The number of aromatic nitrogens is 2. The van der Waals surface area contributed by atoms with Crippen LogP contribution in [0, 0.1) is 6.92 Å². The predicted molar refractivity (Wildman–Crippen MR) is 218 cm³/mol. The van der Waals surface area contributed by atoms with Crippen molar-refractivity contribution in [3.63, 3.8) is 0 Å². The lowest BCUT2D eigenvalue weighted by molar-refractivity contribution is -0.178. The van der Waals surface area contributed by atoms with E-state index in [0.717, 1.165) is 39.1 Å². The van der Waals surface area contributed by atoms with Crippen LogP contribution < -0.4 is 16.1 Å². The Bertz CT molecular complexity index is 2350. The maximum atomic E-state index is 13.5. The highest BCUT2D eigenvalue weighted by Gasteiger charge is 2.56. The minimum atomic E-state index is -1.75. The Balaban J connectivity index is 1.29. The quantitative estimate of drug-likeness (QED) is 0.139. The molecule has 56 heavy (non-hydrogen) atoms. The maximum Gasteiger partial charge on any atom is 0.328 e. The first-order valence-corrected chi connectivity index (χ1v) is 19.1. The number of hydrogen-bond acceptors (Lipinski definition) is 7. The average Bonchev–Trinajstić information content (AvgIpc) is 3.61. The minimum Gasteiger partial charge on any atom is -0.388 e. The summed E-state index contributed by atoms with van der Waals surface area (Å²) in [6.07, 6.45) is -1.02. The SMILES string of the molecule is CO[C@H]1[C@H](O)[C@H]([C@@](C)(O)[C@@H](C)OC(c2ccccc2)(c2ccccc2)c2ccccc2)N(c2cccc3c2Cc2ccccc2-3)C[C@H]1n1cc(C)c(=O)[nH]c1=O. The molecular formula is C47H47N3O6. The zero-order valence-electron chi connectivity index (χ0n) is 32.0. The van der Waals surface area contributed by atoms with Gasteiger partial charge in [0.05, 0.1) is 18.2 Å². The lowest BCUT2D eigenvalue weighted by Crippen LogP contribution is -2.71. The molecule has 2 aliphatic rings. The van der Waals surface area contributed by atoms with E-state index in [1.807, 2.05) is 127 Å². The molecule has 2 heterocycles. The molecule has 9 nitrogen and oxygen atoms in total. The molecule has 5 aromatic carbocycles. The molecule has 286 valence electrons. The first kappa shape index (κ1) is 37.3. The van der Waals surface area contributed by atoms with E-state index in [1.54, 1.807) is 13.8 Å². The van der Waals surface area contributed by atoms with Crippen molar-refractivity contribution in [3.8, 4) is 11.1 Å². The Morgan fingerprint density at radius 3 is 1.93 bits per heavy atom. The summed E-state index contributed by atoms with van der Waals surface area (Å²) in [7, 11) is 1.49. The molecule has 6 atom stereocenters. The molecule has 1 fully saturated rings. The minimum absolute atomic E-state index is 0.169. The van der Waals surface area contributed by atoms with E-state index in [2.05, 4.69) is 23.2 Å². The normalized spacial score (nSPS) is 20.9. The third-order valence-corrected chi connectivity index (χ3v) is 12.0. The van der Waals surface area contributed by atoms with Crippen molar-refractivity contribution in [2.75, 3.05) is 18.6 Å². The molecule has 0 saturated carbocycles. The number of hydrogen-bond donors (Lipinski definition) is 3. The van der Waals surface area contributed by atoms with Crippen LogP contribution in [0.3, 0.4) is 0 Å². The van der Waals surface area contributed by atoms with Crippen LogP contribution in [0.15, 0.2) is 149 Å². The Kier molecular flexibility index (Phi) is 9.88. The lowest BCUT2D eigenvalue weighted by Gasteiger charge is -2.55. The van der Waals surface area contributed by atoms with Gasteiger partial charge in [0, 0.05) is 37.5 Å². The summed E-state index contributed by atoms with van der Waals surface area (Å²) in [5.41, 5.74) is 4.29. The number of methoxy groups -OCH3 is 1. The van der Waals surface area contributed by atoms with E-state index in [-0.39, 0.29) is 6.54 Å². The van der Waals surface area contributed by atoms with Crippen molar-refractivity contribution in [1.29, 1.82) is 0 Å². The highest BCUT2D eigenvalue weighted by atomic mass is 16.5. The molecule has 0 spiro atoms. The fraction of sp³-hybridized carbons (Fsp3) is 0.277. The molecule has 0 unspecified atom stereocenters. The van der Waals surface area contributed by atoms with E-state index in [0.29, 0.717) is 12.0 Å². The third-order valence-electron chi connectivity index (χ3n) is 12.0. The van der Waals surface area contributed by atoms with Gasteiger partial charge in [-0.25, -0.2) is 4.79 Å². The molecule has 0 bridgehead atoms. The van der Waals surface area contributed by atoms with Crippen molar-refractivity contribution in [2.24, 2.45) is 0 Å². The van der Waals surface area contributed by atoms with Crippen molar-refractivity contribution in [2.45, 2.75) is 68.8 Å². The fourth-order valence-corrected chi connectivity index (χ4v) is 9.05. The number of aliphatic hydroxyl groups excluding tert-OH is 1. The number of aromatic amines is 1. The summed E-state index contributed by atoms with van der Waals surface area (Å²) in [6.45, 7) is 5.37. The van der Waals surface area contributed by atoms with E-state index < -0.39 is 52.8 Å². The smallest absolute Gasteiger partial charge is 0.328 e. The maximum absolute atomic E-state index is 13.5. The molecule has 9 heteroatoms. The van der Waals surface area contributed by atoms with E-state index >= 15 is 0 Å². The zero-order chi connectivity index (χ0) is 39.2. The van der Waals surface area contributed by atoms with Crippen molar-refractivity contribution < 1.29 is 19.7 Å². The van der Waals surface area contributed by atoms with Gasteiger partial charge < -0.3 is 24.6 Å². The second-order valence-electron chi connectivity index (χ2n) is 15.2. The molecule has 3 N–H and O–H groups in total. The van der Waals surface area contributed by atoms with Crippen LogP contribution in [0.25, 0.3) is 11.1 Å². The van der Waals surface area contributed by atoms with Gasteiger partial charge in [-0.3, -0.25) is 14.3 Å². The number of aryl methyl sites for hydroxylation is 1. The van der Waals surface area contributed by atoms with Gasteiger partial charge in [0.2, 0.25) is 0 Å². The summed E-state index contributed by atoms with van der Waals surface area (Å²) in [5, 5.41) is 25.9. The van der Waals surface area contributed by atoms with Gasteiger partial charge >= 0.3 is 5.69 Å². The largest absolute Gasteiger partial charge is 0.388 e. The van der Waals surface area contributed by atoms with Gasteiger partial charge in [-0.05, 0) is 65.8 Å². The monoisotopic (exact) mass is 749 g/mol. The first-order chi connectivity index (χ1) is 27.1. The number of piperidine rings is 1. The highest BCUT2D eigenvalue weighted by Crippen LogP contribution is 2.48. The van der Waals surface area contributed by atoms with Gasteiger partial charge in [0.1, 0.15) is 23.4 Å². The first-order valence-electron chi connectivity index (χ1n) is 19.1. The van der Waals surface area contributed by atoms with E-state index in [1.165, 1.54) is 23.4 Å². The average molecular weight is 750 g/mol. The van der Waals surface area contributed by atoms with Gasteiger partial charge in [0.15, 0.2) is 0 Å². The lowest BCUT2D eigenvalue weighted by atomic mass is 9.76. The Hall–Kier alpha value is -5.58. The number of benzene rings is 5. The number of aliphatic hydroxyl groups is 2. The van der Waals surface area contributed by atoms with Crippen LogP contribution in [-0.4, -0.2) is 63.4 Å². The number of H-pyrrole nitrogens is 1. The standard InChI is InChI=1S/C47H47N3O6/c1-30-28-50(45(53)48-44(30)52)40-29-49(39-26-16-25-37-36-24-15-14-17-32(36)27-38(37)39)43(41(51)42(40)55-4)46(3,54)31(2)56-47(33-18-8-5-9-19-33,34-20-10-6-11-21-34)35-22-12-7-13-23-35/h5-26,28,31,40-43,51,54H,27,29H2,1-4H3,(H,48,52,53)/t31-,40-,41+,42-,43-,46+/m1/s1. The number of rotatable bonds is 10. The van der Waals surface area contributed by atoms with E-state index in [4.69, 9.17) is 9.47 Å². The van der Waals surface area contributed by atoms with Gasteiger partial charge in [0.25, 0.3) is 5.56 Å². The van der Waals surface area contributed by atoms with Crippen molar-refractivity contribution in [3.05, 3.63) is 194 Å². The van der Waals surface area contributed by atoms with Crippen molar-refractivity contribution in [1.82, 2.24) is 9.55 Å². The highest BCUT2D eigenvalue weighted by molar-refractivity contribution is 5.82. The molecule has 1 aliphatic carbocycles. The zero-order valence-corrected chi connectivity index (χ0v) is 32.0. The number of ether oxygens (including phenoxy) is 2. The van der Waals surface area contributed by atoms with Crippen LogP contribution >= 0.6 is 0 Å². The Labute approximate surface area is 326 Å². The topological polar surface area (TPSA) is 117 Å². The molecular weight excluding hydrogens is 703 g/mol. The second kappa shape index (κ2) is 14.8. The number of anilines is 1. The van der Waals surface area contributed by atoms with Gasteiger partial charge in [-0.2, -0.15) is 0 Å². The van der Waals surface area contributed by atoms with E-state index in [9.17, 15) is 19.8 Å². The summed E-state index contributed by atoms with van der Waals surface area (Å²) in [4.78, 5) is 30.4. The fourth-order valence-electron chi connectivity index (χ4n) is 9.05. The molecule has 1 saturated heterocycles. The van der Waals surface area contributed by atoms with Crippen LogP contribution in [0.4, 0.5) is 5.69 Å². The summed E-state index contributed by atoms with van der Waals surface area (Å²) in [6, 6.07) is 42.6. The summed E-state index contributed by atoms with van der Waals surface area (Å²) >= 11 is 0. The van der Waals surface area contributed by atoms with Crippen LogP contribution in [-0.2, 0) is 21.5 Å². The molecule has 1 aromatic heterocycles. The van der Waals surface area contributed by atoms with Gasteiger partial charge in [-0.15, -0.1) is 0 Å². The summed E-state index contributed by atoms with van der Waals surface area (Å²) in [5.74, 6) is 0. The van der Waals surface area contributed by atoms with Crippen molar-refractivity contribution >= 4 is 5.69 Å². The molecule has 0 amide bonds. The Morgan fingerprint density at radius 2 is 1.34 bits per heavy atom. The molecule has 1 aliphatic heterocycles. The summed E-state index contributed by atoms with van der Waals surface area (Å²) < 4.78 is 14.9. The molecule has 6 aromatic rings. The number of fused-ring (bicyclic) bond motifs is 3. The number of nitrogens with one attached hydrogen (secondary N) is 1. The third kappa shape index (κ3) is 6.21. The second-order valence-corrected chi connectivity index (χ2v) is 15.2. The Morgan fingerprint density at radius 1 is 0.786 bits per heavy atom. The molecule has 0 radical (unpaired) electrons. The number of nitrogens with zero attached hydrogens (tertiary/aromatic N) is 2. The predicted octanol–water partition coefficient (Wildman–Crippen LogP) is 6.37. The van der Waals surface area contributed by atoms with Crippen LogP contribution in [0.2, 0.25) is 0 Å². The van der Waals surface area contributed by atoms with Crippen LogP contribution in [0.5, 0.6) is 0 Å².